The second-order valence-corrected chi connectivity index (χ2v) is 5.86. The van der Waals surface area contributed by atoms with Gasteiger partial charge in [0, 0.05) is 18.6 Å². The Labute approximate surface area is 110 Å². The molecular formula is C14H26N2O2. The summed E-state index contributed by atoms with van der Waals surface area (Å²) in [5.74, 6) is 0.137. The Morgan fingerprint density at radius 3 is 2.28 bits per heavy atom. The summed E-state index contributed by atoms with van der Waals surface area (Å²) in [5, 5.41) is 0. The highest BCUT2D eigenvalue weighted by molar-refractivity contribution is 5.77. The van der Waals surface area contributed by atoms with E-state index < -0.39 is 0 Å². The minimum absolute atomic E-state index is 0.137. The summed E-state index contributed by atoms with van der Waals surface area (Å²) in [7, 11) is 0. The largest absolute Gasteiger partial charge is 0.370 e. The maximum atomic E-state index is 12.0. The molecule has 1 aliphatic heterocycles. The summed E-state index contributed by atoms with van der Waals surface area (Å²) >= 11 is 0. The van der Waals surface area contributed by atoms with Crippen LogP contribution in [0.5, 0.6) is 0 Å². The molecule has 4 nitrogen and oxygen atoms in total. The van der Waals surface area contributed by atoms with Crippen LogP contribution in [-0.4, -0.2) is 42.6 Å². The van der Waals surface area contributed by atoms with Gasteiger partial charge in [0.05, 0.1) is 6.61 Å². The van der Waals surface area contributed by atoms with Gasteiger partial charge in [-0.05, 0) is 25.7 Å². The summed E-state index contributed by atoms with van der Waals surface area (Å²) in [4.78, 5) is 13.9. The van der Waals surface area contributed by atoms with Gasteiger partial charge in [-0.3, -0.25) is 4.79 Å². The Bertz CT molecular complexity index is 267. The molecule has 2 fully saturated rings. The first-order valence-electron chi connectivity index (χ1n) is 7.34. The molecule has 0 radical (unpaired) electrons. The third-order valence-corrected chi connectivity index (χ3v) is 4.17. The molecule has 0 aromatic carbocycles. The first kappa shape index (κ1) is 13.8. The average molecular weight is 254 g/mol. The molecule has 2 rings (SSSR count). The zero-order valence-corrected chi connectivity index (χ0v) is 11.3. The van der Waals surface area contributed by atoms with Crippen LogP contribution < -0.4 is 5.73 Å². The second-order valence-electron chi connectivity index (χ2n) is 5.86. The highest BCUT2D eigenvalue weighted by Crippen LogP contribution is 2.27. The predicted molar refractivity (Wildman–Crippen MR) is 71.3 cm³/mol. The van der Waals surface area contributed by atoms with Gasteiger partial charge in [0.15, 0.2) is 0 Å². The Hall–Kier alpha value is -0.610. The Morgan fingerprint density at radius 2 is 1.67 bits per heavy atom. The molecule has 0 aromatic heterocycles. The van der Waals surface area contributed by atoms with Gasteiger partial charge in [-0.1, -0.05) is 25.7 Å². The van der Waals surface area contributed by atoms with Gasteiger partial charge in [-0.25, -0.2) is 0 Å². The van der Waals surface area contributed by atoms with Crippen LogP contribution in [0, 0.1) is 0 Å². The van der Waals surface area contributed by atoms with E-state index in [1.54, 1.807) is 0 Å². The number of carbonyl (C=O) groups is 1. The normalized spacial score (nSPS) is 23.9. The maximum Gasteiger partial charge on any atom is 0.248 e. The van der Waals surface area contributed by atoms with Crippen molar-refractivity contribution in [3.8, 4) is 0 Å². The SMILES string of the molecule is NC1(COCC(=O)N2CCCCCC2)CCCC1. The van der Waals surface area contributed by atoms with E-state index in [0.29, 0.717) is 6.61 Å². The van der Waals surface area contributed by atoms with E-state index in [0.717, 1.165) is 38.8 Å². The molecule has 2 N–H and O–H groups in total. The number of carbonyl (C=O) groups excluding carboxylic acids is 1. The van der Waals surface area contributed by atoms with Gasteiger partial charge in [0.2, 0.25) is 5.91 Å². The molecule has 0 spiro atoms. The van der Waals surface area contributed by atoms with Crippen molar-refractivity contribution in [1.82, 2.24) is 4.90 Å². The smallest absolute Gasteiger partial charge is 0.248 e. The van der Waals surface area contributed by atoms with Crippen molar-refractivity contribution in [1.29, 1.82) is 0 Å². The Morgan fingerprint density at radius 1 is 1.06 bits per heavy atom. The van der Waals surface area contributed by atoms with Gasteiger partial charge in [0.1, 0.15) is 6.61 Å². The Balaban J connectivity index is 1.67. The second kappa shape index (κ2) is 6.53. The van der Waals surface area contributed by atoms with Crippen LogP contribution in [0.15, 0.2) is 0 Å². The van der Waals surface area contributed by atoms with E-state index in [-0.39, 0.29) is 18.1 Å². The minimum atomic E-state index is -0.168. The zero-order chi connectivity index (χ0) is 12.8. The lowest BCUT2D eigenvalue weighted by atomic mass is 10.0. The van der Waals surface area contributed by atoms with E-state index in [2.05, 4.69) is 0 Å². The van der Waals surface area contributed by atoms with Crippen LogP contribution in [0.2, 0.25) is 0 Å². The van der Waals surface area contributed by atoms with Gasteiger partial charge in [-0.15, -0.1) is 0 Å². The fourth-order valence-electron chi connectivity index (χ4n) is 2.98. The van der Waals surface area contributed by atoms with E-state index >= 15 is 0 Å². The van der Waals surface area contributed by atoms with Gasteiger partial charge in [0.25, 0.3) is 0 Å². The van der Waals surface area contributed by atoms with Crippen molar-refractivity contribution in [2.75, 3.05) is 26.3 Å². The molecule has 1 heterocycles. The first-order chi connectivity index (χ1) is 8.70. The molecule has 104 valence electrons. The third kappa shape index (κ3) is 3.95. The molecule has 0 atom stereocenters. The van der Waals surface area contributed by atoms with E-state index in [1.165, 1.54) is 25.7 Å². The summed E-state index contributed by atoms with van der Waals surface area (Å²) < 4.78 is 5.56. The highest BCUT2D eigenvalue weighted by Gasteiger charge is 2.29. The zero-order valence-electron chi connectivity index (χ0n) is 11.3. The quantitative estimate of drug-likeness (QED) is 0.830. The predicted octanol–water partition coefficient (Wildman–Crippen LogP) is 1.68. The number of nitrogens with two attached hydrogens (primary N) is 1. The molecule has 4 heteroatoms. The molecule has 1 saturated carbocycles. The number of amides is 1. The van der Waals surface area contributed by atoms with E-state index in [4.69, 9.17) is 10.5 Å². The lowest BCUT2D eigenvalue weighted by Crippen LogP contribution is -2.43. The van der Waals surface area contributed by atoms with Crippen LogP contribution >= 0.6 is 0 Å². The third-order valence-electron chi connectivity index (χ3n) is 4.17. The molecule has 1 amide bonds. The number of rotatable bonds is 4. The number of nitrogens with zero attached hydrogens (tertiary/aromatic N) is 1. The van der Waals surface area contributed by atoms with Crippen LogP contribution in [0.3, 0.4) is 0 Å². The van der Waals surface area contributed by atoms with Crippen LogP contribution in [0.25, 0.3) is 0 Å². The van der Waals surface area contributed by atoms with Crippen molar-refractivity contribution < 1.29 is 9.53 Å². The lowest BCUT2D eigenvalue weighted by molar-refractivity contribution is -0.136. The summed E-state index contributed by atoms with van der Waals surface area (Å²) in [6, 6.07) is 0. The molecule has 1 saturated heterocycles. The fourth-order valence-corrected chi connectivity index (χ4v) is 2.98. The van der Waals surface area contributed by atoms with Crippen molar-refractivity contribution in [2.24, 2.45) is 5.73 Å². The van der Waals surface area contributed by atoms with E-state index in [9.17, 15) is 4.79 Å². The van der Waals surface area contributed by atoms with Crippen LogP contribution in [0.1, 0.15) is 51.4 Å². The molecule has 0 bridgehead atoms. The molecule has 0 aromatic rings. The number of hydrogen-bond donors (Lipinski definition) is 1. The number of hydrogen-bond acceptors (Lipinski definition) is 3. The van der Waals surface area contributed by atoms with Crippen molar-refractivity contribution >= 4 is 5.91 Å². The average Bonchev–Trinajstić information content (AvgIpc) is 2.64. The molecule has 0 unspecified atom stereocenters. The Kier molecular flexibility index (Phi) is 5.01. The lowest BCUT2D eigenvalue weighted by Gasteiger charge is -2.25. The fraction of sp³-hybridized carbons (Fsp3) is 0.929. The molecule has 1 aliphatic carbocycles. The summed E-state index contributed by atoms with van der Waals surface area (Å²) in [6.45, 7) is 2.54. The minimum Gasteiger partial charge on any atom is -0.370 e. The highest BCUT2D eigenvalue weighted by atomic mass is 16.5. The first-order valence-corrected chi connectivity index (χ1v) is 7.34. The summed E-state index contributed by atoms with van der Waals surface area (Å²) in [6.07, 6.45) is 9.21. The molecular weight excluding hydrogens is 228 g/mol. The molecule has 18 heavy (non-hydrogen) atoms. The van der Waals surface area contributed by atoms with Gasteiger partial charge < -0.3 is 15.4 Å². The molecule has 2 aliphatic rings. The number of ether oxygens (including phenoxy) is 1. The number of likely N-dealkylation sites (tertiary alicyclic amines) is 1. The topological polar surface area (TPSA) is 55.6 Å². The van der Waals surface area contributed by atoms with Crippen molar-refractivity contribution in [3.63, 3.8) is 0 Å². The standard InChI is InChI=1S/C14H26N2O2/c15-14(7-3-4-8-14)12-18-11-13(17)16-9-5-1-2-6-10-16/h1-12,15H2. The maximum absolute atomic E-state index is 12.0. The van der Waals surface area contributed by atoms with Crippen LogP contribution in [0.4, 0.5) is 0 Å². The van der Waals surface area contributed by atoms with Crippen molar-refractivity contribution in [3.05, 3.63) is 0 Å². The van der Waals surface area contributed by atoms with Gasteiger partial charge in [-0.2, -0.15) is 0 Å². The van der Waals surface area contributed by atoms with E-state index in [1.807, 2.05) is 4.90 Å². The monoisotopic (exact) mass is 254 g/mol. The van der Waals surface area contributed by atoms with Crippen LogP contribution in [-0.2, 0) is 9.53 Å². The van der Waals surface area contributed by atoms with Gasteiger partial charge >= 0.3 is 0 Å². The summed E-state index contributed by atoms with van der Waals surface area (Å²) in [5.41, 5.74) is 6.03. The van der Waals surface area contributed by atoms with Crippen molar-refractivity contribution in [2.45, 2.75) is 56.9 Å².